The van der Waals surface area contributed by atoms with Crippen LogP contribution in [0.25, 0.3) is 11.0 Å². The number of hydrogen-bond donors (Lipinski definition) is 0. The van der Waals surface area contributed by atoms with Gasteiger partial charge in [0.15, 0.2) is 0 Å². The molecular formula is C10H9ClFN3. The van der Waals surface area contributed by atoms with E-state index in [2.05, 4.69) is 10.3 Å². The Hall–Kier alpha value is -1.16. The van der Waals surface area contributed by atoms with Gasteiger partial charge in [-0.25, -0.2) is 9.07 Å². The minimum absolute atomic E-state index is 0.127. The summed E-state index contributed by atoms with van der Waals surface area (Å²) < 4.78 is 14.9. The summed E-state index contributed by atoms with van der Waals surface area (Å²) in [6.45, 7) is 0.860. The van der Waals surface area contributed by atoms with Crippen molar-refractivity contribution in [2.75, 3.05) is 0 Å². The number of benzene rings is 1. The van der Waals surface area contributed by atoms with Crippen LogP contribution in [0, 0.1) is 11.7 Å². The first-order valence-corrected chi connectivity index (χ1v) is 5.30. The fourth-order valence-electron chi connectivity index (χ4n) is 1.64. The fraction of sp³-hybridized carbons (Fsp3) is 0.400. The van der Waals surface area contributed by atoms with Gasteiger partial charge in [-0.05, 0) is 24.8 Å². The number of fused-ring (bicyclic) bond motifs is 1. The van der Waals surface area contributed by atoms with Crippen molar-refractivity contribution >= 4 is 22.6 Å². The highest BCUT2D eigenvalue weighted by atomic mass is 35.5. The molecular weight excluding hydrogens is 217 g/mol. The van der Waals surface area contributed by atoms with E-state index in [0.717, 1.165) is 12.1 Å². The van der Waals surface area contributed by atoms with E-state index in [1.807, 2.05) is 0 Å². The van der Waals surface area contributed by atoms with Crippen LogP contribution in [0.2, 0.25) is 5.02 Å². The molecule has 0 bridgehead atoms. The zero-order valence-corrected chi connectivity index (χ0v) is 8.71. The number of nitrogens with zero attached hydrogens (tertiary/aromatic N) is 3. The maximum absolute atomic E-state index is 13.1. The Balaban J connectivity index is 2.10. The van der Waals surface area contributed by atoms with E-state index in [0.29, 0.717) is 11.4 Å². The first-order valence-electron chi connectivity index (χ1n) is 4.92. The van der Waals surface area contributed by atoms with Gasteiger partial charge in [-0.15, -0.1) is 5.10 Å². The standard InChI is InChI=1S/C10H9ClFN3/c11-7-3-10-9(4-8(7)12)13-14-15(10)5-6-1-2-6/h3-4,6H,1-2,5H2. The minimum Gasteiger partial charge on any atom is -0.244 e. The Bertz CT molecular complexity index is 519. The molecule has 1 saturated carbocycles. The molecule has 0 radical (unpaired) electrons. The second-order valence-electron chi connectivity index (χ2n) is 3.97. The van der Waals surface area contributed by atoms with Crippen molar-refractivity contribution < 1.29 is 4.39 Å². The third kappa shape index (κ3) is 1.59. The molecule has 0 spiro atoms. The Kier molecular flexibility index (Phi) is 1.92. The third-order valence-corrected chi connectivity index (χ3v) is 2.97. The van der Waals surface area contributed by atoms with Crippen molar-refractivity contribution in [3.8, 4) is 0 Å². The molecule has 78 valence electrons. The molecule has 1 aliphatic carbocycles. The van der Waals surface area contributed by atoms with Crippen LogP contribution in [0.1, 0.15) is 12.8 Å². The van der Waals surface area contributed by atoms with E-state index in [9.17, 15) is 4.39 Å². The van der Waals surface area contributed by atoms with Crippen molar-refractivity contribution in [1.82, 2.24) is 15.0 Å². The lowest BCUT2D eigenvalue weighted by atomic mass is 10.3. The Morgan fingerprint density at radius 3 is 3.00 bits per heavy atom. The molecule has 15 heavy (non-hydrogen) atoms. The summed E-state index contributed by atoms with van der Waals surface area (Å²) >= 11 is 5.72. The van der Waals surface area contributed by atoms with Crippen LogP contribution < -0.4 is 0 Å². The second kappa shape index (κ2) is 3.17. The van der Waals surface area contributed by atoms with E-state index in [-0.39, 0.29) is 5.02 Å². The highest BCUT2D eigenvalue weighted by Crippen LogP contribution is 2.31. The van der Waals surface area contributed by atoms with E-state index < -0.39 is 5.82 Å². The second-order valence-corrected chi connectivity index (χ2v) is 4.38. The molecule has 1 fully saturated rings. The Morgan fingerprint density at radius 2 is 2.27 bits per heavy atom. The van der Waals surface area contributed by atoms with E-state index in [1.54, 1.807) is 10.7 Å². The molecule has 0 amide bonds. The van der Waals surface area contributed by atoms with Gasteiger partial charge in [0, 0.05) is 12.6 Å². The smallest absolute Gasteiger partial charge is 0.144 e. The summed E-state index contributed by atoms with van der Waals surface area (Å²) in [5.74, 6) is 0.265. The van der Waals surface area contributed by atoms with Gasteiger partial charge in [0.2, 0.25) is 0 Å². The average Bonchev–Trinajstić information content (AvgIpc) is 2.94. The molecule has 3 nitrogen and oxygen atoms in total. The molecule has 0 N–H and O–H groups in total. The lowest BCUT2D eigenvalue weighted by molar-refractivity contribution is 0.559. The maximum atomic E-state index is 13.1. The van der Waals surface area contributed by atoms with Gasteiger partial charge < -0.3 is 0 Å². The predicted molar refractivity (Wildman–Crippen MR) is 55.2 cm³/mol. The normalized spacial score (nSPS) is 16.1. The summed E-state index contributed by atoms with van der Waals surface area (Å²) in [5, 5.41) is 8.04. The van der Waals surface area contributed by atoms with Crippen LogP contribution in [-0.4, -0.2) is 15.0 Å². The lowest BCUT2D eigenvalue weighted by Gasteiger charge is -2.00. The molecule has 1 aromatic heterocycles. The molecule has 1 aromatic carbocycles. The van der Waals surface area contributed by atoms with Crippen LogP contribution in [0.5, 0.6) is 0 Å². The molecule has 0 aliphatic heterocycles. The van der Waals surface area contributed by atoms with Gasteiger partial charge in [-0.3, -0.25) is 0 Å². The van der Waals surface area contributed by atoms with E-state index in [4.69, 9.17) is 11.6 Å². The van der Waals surface area contributed by atoms with Gasteiger partial charge in [0.25, 0.3) is 0 Å². The number of aromatic nitrogens is 3. The first-order chi connectivity index (χ1) is 7.24. The lowest BCUT2D eigenvalue weighted by Crippen LogP contribution is -2.01. The summed E-state index contributed by atoms with van der Waals surface area (Å²) in [6.07, 6.45) is 2.49. The van der Waals surface area contributed by atoms with E-state index >= 15 is 0 Å². The number of halogens is 2. The Labute approximate surface area is 90.8 Å². The Morgan fingerprint density at radius 1 is 1.47 bits per heavy atom. The summed E-state index contributed by atoms with van der Waals surface area (Å²) in [4.78, 5) is 0. The highest BCUT2D eigenvalue weighted by molar-refractivity contribution is 6.31. The monoisotopic (exact) mass is 225 g/mol. The summed E-state index contributed by atoms with van der Waals surface area (Å²) in [5.41, 5.74) is 1.38. The van der Waals surface area contributed by atoms with Crippen LogP contribution in [0.15, 0.2) is 12.1 Å². The predicted octanol–water partition coefficient (Wildman–Crippen LogP) is 2.63. The zero-order chi connectivity index (χ0) is 10.4. The summed E-state index contributed by atoms with van der Waals surface area (Å²) in [7, 11) is 0. The van der Waals surface area contributed by atoms with Crippen LogP contribution in [0.3, 0.4) is 0 Å². The van der Waals surface area contributed by atoms with Crippen molar-refractivity contribution in [3.05, 3.63) is 23.0 Å². The first kappa shape index (κ1) is 9.09. The molecule has 1 aliphatic rings. The van der Waals surface area contributed by atoms with Gasteiger partial charge in [0.1, 0.15) is 11.3 Å². The molecule has 3 rings (SSSR count). The highest BCUT2D eigenvalue weighted by Gasteiger charge is 2.23. The fourth-order valence-corrected chi connectivity index (χ4v) is 1.80. The van der Waals surface area contributed by atoms with Gasteiger partial charge in [-0.1, -0.05) is 16.8 Å². The zero-order valence-electron chi connectivity index (χ0n) is 7.95. The largest absolute Gasteiger partial charge is 0.244 e. The minimum atomic E-state index is -0.442. The molecule has 0 atom stereocenters. The molecule has 1 heterocycles. The SMILES string of the molecule is Fc1cc2nnn(CC3CC3)c2cc1Cl. The maximum Gasteiger partial charge on any atom is 0.144 e. The quantitative estimate of drug-likeness (QED) is 0.787. The van der Waals surface area contributed by atoms with Crippen molar-refractivity contribution in [1.29, 1.82) is 0 Å². The molecule has 2 aromatic rings. The van der Waals surface area contributed by atoms with E-state index in [1.165, 1.54) is 18.9 Å². The third-order valence-electron chi connectivity index (χ3n) is 2.68. The molecule has 0 unspecified atom stereocenters. The van der Waals surface area contributed by atoms with Crippen LogP contribution in [-0.2, 0) is 6.54 Å². The number of rotatable bonds is 2. The van der Waals surface area contributed by atoms with Crippen molar-refractivity contribution in [3.63, 3.8) is 0 Å². The van der Waals surface area contributed by atoms with Crippen LogP contribution in [0.4, 0.5) is 4.39 Å². The van der Waals surface area contributed by atoms with Crippen molar-refractivity contribution in [2.45, 2.75) is 19.4 Å². The topological polar surface area (TPSA) is 30.7 Å². The average molecular weight is 226 g/mol. The summed E-state index contributed by atoms with van der Waals surface area (Å²) in [6, 6.07) is 2.92. The van der Waals surface area contributed by atoms with Gasteiger partial charge in [0.05, 0.1) is 10.5 Å². The van der Waals surface area contributed by atoms with Crippen LogP contribution >= 0.6 is 11.6 Å². The van der Waals surface area contributed by atoms with Gasteiger partial charge in [-0.2, -0.15) is 0 Å². The van der Waals surface area contributed by atoms with Gasteiger partial charge >= 0.3 is 0 Å². The van der Waals surface area contributed by atoms with Crippen molar-refractivity contribution in [2.24, 2.45) is 5.92 Å². The molecule has 0 saturated heterocycles. The molecule has 5 heteroatoms. The number of hydrogen-bond acceptors (Lipinski definition) is 2.